The number of hydrogen-bond donors (Lipinski definition) is 0. The van der Waals surface area contributed by atoms with Crippen LogP contribution in [0, 0.1) is 0 Å². The topological polar surface area (TPSA) is 60.2 Å². The Labute approximate surface area is 181 Å². The van der Waals surface area contributed by atoms with Crippen LogP contribution in [0.1, 0.15) is 41.0 Å². The van der Waals surface area contributed by atoms with Crippen LogP contribution < -0.4 is 4.74 Å². The van der Waals surface area contributed by atoms with Gasteiger partial charge in [0.05, 0.1) is 19.2 Å². The van der Waals surface area contributed by atoms with Crippen molar-refractivity contribution in [3.8, 4) is 5.75 Å². The second kappa shape index (κ2) is 9.30. The first-order valence-corrected chi connectivity index (χ1v) is 10.6. The number of carbonyl (C=O) groups excluding carboxylic acids is 1. The summed E-state index contributed by atoms with van der Waals surface area (Å²) in [6, 6.07) is 15.6. The van der Waals surface area contributed by atoms with Gasteiger partial charge in [-0.3, -0.25) is 4.79 Å². The largest absolute Gasteiger partial charge is 0.496 e. The highest BCUT2D eigenvalue weighted by Crippen LogP contribution is 2.29. The first kappa shape index (κ1) is 20.4. The number of aromatic nitrogens is 3. The average Bonchev–Trinajstić information content (AvgIpc) is 3.41. The summed E-state index contributed by atoms with van der Waals surface area (Å²) in [6.45, 7) is 1.49. The number of halogens is 1. The molecule has 156 valence electrons. The lowest BCUT2D eigenvalue weighted by atomic mass is 10.1. The van der Waals surface area contributed by atoms with E-state index in [-0.39, 0.29) is 11.9 Å². The molecule has 1 amide bonds. The molecule has 6 nitrogen and oxygen atoms in total. The second-order valence-electron chi connectivity index (χ2n) is 7.54. The van der Waals surface area contributed by atoms with Crippen LogP contribution in [0.2, 0.25) is 5.02 Å². The maximum absolute atomic E-state index is 13.2. The smallest absolute Gasteiger partial charge is 0.257 e. The fourth-order valence-electron chi connectivity index (χ4n) is 4.09. The molecule has 2 heterocycles. The molecule has 1 saturated heterocycles. The first-order chi connectivity index (χ1) is 14.7. The minimum absolute atomic E-state index is 0.0254. The van der Waals surface area contributed by atoms with E-state index in [2.05, 4.69) is 26.9 Å². The zero-order valence-electron chi connectivity index (χ0n) is 17.0. The highest BCUT2D eigenvalue weighted by atomic mass is 35.5. The van der Waals surface area contributed by atoms with E-state index in [0.29, 0.717) is 16.3 Å². The average molecular weight is 425 g/mol. The molecule has 1 atom stereocenters. The van der Waals surface area contributed by atoms with Crippen molar-refractivity contribution in [1.82, 2.24) is 19.7 Å². The molecule has 1 fully saturated rings. The van der Waals surface area contributed by atoms with E-state index in [1.807, 2.05) is 23.1 Å². The van der Waals surface area contributed by atoms with Gasteiger partial charge in [-0.1, -0.05) is 41.9 Å². The summed E-state index contributed by atoms with van der Waals surface area (Å²) in [5, 5.41) is 8.94. The summed E-state index contributed by atoms with van der Waals surface area (Å²) in [5.41, 5.74) is 1.73. The number of ether oxygens (including phenoxy) is 1. The van der Waals surface area contributed by atoms with Gasteiger partial charge in [0.1, 0.15) is 17.9 Å². The molecule has 4 rings (SSSR count). The minimum Gasteiger partial charge on any atom is -0.496 e. The van der Waals surface area contributed by atoms with E-state index in [9.17, 15) is 4.79 Å². The predicted molar refractivity (Wildman–Crippen MR) is 116 cm³/mol. The van der Waals surface area contributed by atoms with Crippen LogP contribution in [-0.2, 0) is 13.0 Å². The molecule has 2 aromatic carbocycles. The molecule has 0 saturated carbocycles. The summed E-state index contributed by atoms with van der Waals surface area (Å²) in [6.07, 6.45) is 5.38. The van der Waals surface area contributed by atoms with Gasteiger partial charge in [-0.2, -0.15) is 0 Å². The minimum atomic E-state index is -0.0254. The highest BCUT2D eigenvalue weighted by molar-refractivity contribution is 6.31. The molecule has 1 unspecified atom stereocenters. The molecule has 30 heavy (non-hydrogen) atoms. The Morgan fingerprint density at radius 1 is 1.23 bits per heavy atom. The Balaban J connectivity index is 1.44. The molecule has 3 aromatic rings. The van der Waals surface area contributed by atoms with Gasteiger partial charge >= 0.3 is 0 Å². The molecule has 0 aliphatic carbocycles. The number of methoxy groups -OCH3 is 1. The number of carbonyl (C=O) groups is 1. The zero-order chi connectivity index (χ0) is 20.9. The lowest BCUT2D eigenvalue weighted by Crippen LogP contribution is -2.36. The fourth-order valence-corrected chi connectivity index (χ4v) is 4.26. The quantitative estimate of drug-likeness (QED) is 0.569. The summed E-state index contributed by atoms with van der Waals surface area (Å²) < 4.78 is 7.46. The van der Waals surface area contributed by atoms with Gasteiger partial charge in [0.15, 0.2) is 0 Å². The molecule has 1 aromatic heterocycles. The molecular formula is C23H25ClN4O2. The summed E-state index contributed by atoms with van der Waals surface area (Å²) in [4.78, 5) is 15.2. The SMILES string of the molecule is COc1ccc(Cl)cc1C(=O)N1CCCC1CCc1nncn1Cc1ccccc1. The Hall–Kier alpha value is -2.86. The van der Waals surface area contributed by atoms with Crippen LogP contribution in [-0.4, -0.2) is 45.3 Å². The van der Waals surface area contributed by atoms with Gasteiger partial charge in [0.25, 0.3) is 5.91 Å². The molecule has 0 bridgehead atoms. The molecule has 1 aliphatic rings. The van der Waals surface area contributed by atoms with Crippen molar-refractivity contribution in [2.45, 2.75) is 38.3 Å². The third-order valence-electron chi connectivity index (χ3n) is 5.62. The van der Waals surface area contributed by atoms with Gasteiger partial charge in [0, 0.05) is 24.0 Å². The third kappa shape index (κ3) is 4.49. The molecular weight excluding hydrogens is 400 g/mol. The number of benzene rings is 2. The number of likely N-dealkylation sites (tertiary alicyclic amines) is 1. The standard InChI is InChI=1S/C23H25ClN4O2/c1-30-21-11-9-18(24)14-20(21)23(29)28-13-5-8-19(28)10-12-22-26-25-16-27(22)15-17-6-3-2-4-7-17/h2-4,6-7,9,11,14,16,19H,5,8,10,12-13,15H2,1H3. The lowest BCUT2D eigenvalue weighted by Gasteiger charge is -2.25. The van der Waals surface area contributed by atoms with E-state index >= 15 is 0 Å². The van der Waals surface area contributed by atoms with Gasteiger partial charge < -0.3 is 14.2 Å². The van der Waals surface area contributed by atoms with Gasteiger partial charge in [-0.25, -0.2) is 0 Å². The molecule has 0 spiro atoms. The van der Waals surface area contributed by atoms with Crippen LogP contribution in [0.3, 0.4) is 0 Å². The van der Waals surface area contributed by atoms with Crippen molar-refractivity contribution in [1.29, 1.82) is 0 Å². The van der Waals surface area contributed by atoms with Crippen molar-refractivity contribution in [3.63, 3.8) is 0 Å². The Bertz CT molecular complexity index is 1010. The molecule has 7 heteroatoms. The summed E-state index contributed by atoms with van der Waals surface area (Å²) >= 11 is 6.13. The zero-order valence-corrected chi connectivity index (χ0v) is 17.8. The number of rotatable bonds is 7. The Kier molecular flexibility index (Phi) is 6.33. The van der Waals surface area contributed by atoms with Crippen LogP contribution in [0.15, 0.2) is 54.9 Å². The lowest BCUT2D eigenvalue weighted by molar-refractivity contribution is 0.0726. The van der Waals surface area contributed by atoms with Gasteiger partial charge in [-0.15, -0.1) is 10.2 Å². The van der Waals surface area contributed by atoms with E-state index in [1.54, 1.807) is 31.6 Å². The Morgan fingerprint density at radius 3 is 2.87 bits per heavy atom. The van der Waals surface area contributed by atoms with Crippen LogP contribution in [0.4, 0.5) is 0 Å². The van der Waals surface area contributed by atoms with Crippen molar-refractivity contribution in [2.24, 2.45) is 0 Å². The second-order valence-corrected chi connectivity index (χ2v) is 7.97. The molecule has 0 N–H and O–H groups in total. The Morgan fingerprint density at radius 2 is 2.07 bits per heavy atom. The van der Waals surface area contributed by atoms with Crippen molar-refractivity contribution < 1.29 is 9.53 Å². The third-order valence-corrected chi connectivity index (χ3v) is 5.86. The maximum atomic E-state index is 13.2. The van der Waals surface area contributed by atoms with Crippen LogP contribution >= 0.6 is 11.6 Å². The normalized spacial score (nSPS) is 16.1. The summed E-state index contributed by atoms with van der Waals surface area (Å²) in [5.74, 6) is 1.47. The van der Waals surface area contributed by atoms with Crippen LogP contribution in [0.25, 0.3) is 0 Å². The number of nitrogens with zero attached hydrogens (tertiary/aromatic N) is 4. The van der Waals surface area contributed by atoms with Gasteiger partial charge in [-0.05, 0) is 43.0 Å². The van der Waals surface area contributed by atoms with E-state index in [4.69, 9.17) is 16.3 Å². The van der Waals surface area contributed by atoms with Crippen molar-refractivity contribution in [3.05, 3.63) is 76.8 Å². The fraction of sp³-hybridized carbons (Fsp3) is 0.348. The van der Waals surface area contributed by atoms with E-state index in [0.717, 1.165) is 44.6 Å². The maximum Gasteiger partial charge on any atom is 0.257 e. The monoisotopic (exact) mass is 424 g/mol. The van der Waals surface area contributed by atoms with E-state index < -0.39 is 0 Å². The predicted octanol–water partition coefficient (Wildman–Crippen LogP) is 4.23. The van der Waals surface area contributed by atoms with Crippen molar-refractivity contribution >= 4 is 17.5 Å². The van der Waals surface area contributed by atoms with Gasteiger partial charge in [0.2, 0.25) is 0 Å². The first-order valence-electron chi connectivity index (χ1n) is 10.2. The highest BCUT2D eigenvalue weighted by Gasteiger charge is 2.31. The number of amides is 1. The van der Waals surface area contributed by atoms with Crippen LogP contribution in [0.5, 0.6) is 5.75 Å². The number of aryl methyl sites for hydroxylation is 1. The number of hydrogen-bond acceptors (Lipinski definition) is 4. The molecule has 0 radical (unpaired) electrons. The summed E-state index contributed by atoms with van der Waals surface area (Å²) in [7, 11) is 1.57. The van der Waals surface area contributed by atoms with Crippen molar-refractivity contribution in [2.75, 3.05) is 13.7 Å². The van der Waals surface area contributed by atoms with E-state index in [1.165, 1.54) is 5.56 Å². The molecule has 1 aliphatic heterocycles.